The maximum atomic E-state index is 11.1. The van der Waals surface area contributed by atoms with Gasteiger partial charge in [-0.2, -0.15) is 0 Å². The van der Waals surface area contributed by atoms with E-state index in [9.17, 15) is 5.11 Å². The monoisotopic (exact) mass is 496 g/mol. The number of benzene rings is 2. The first-order valence-electron chi connectivity index (χ1n) is 12.8. The first-order chi connectivity index (χ1) is 17.3. The van der Waals surface area contributed by atoms with Gasteiger partial charge in [0.15, 0.2) is 5.79 Å². The van der Waals surface area contributed by atoms with Crippen LogP contribution in [0, 0.1) is 11.3 Å². The lowest BCUT2D eigenvalue weighted by Gasteiger charge is -2.50. The van der Waals surface area contributed by atoms with E-state index in [1.54, 1.807) is 13.2 Å². The van der Waals surface area contributed by atoms with Crippen molar-refractivity contribution in [1.82, 2.24) is 0 Å². The smallest absolute Gasteiger partial charge is 0.179 e. The lowest BCUT2D eigenvalue weighted by molar-refractivity contribution is -0.330. The van der Waals surface area contributed by atoms with E-state index in [-0.39, 0.29) is 24.2 Å². The molecule has 2 aliphatic rings. The van der Waals surface area contributed by atoms with Crippen LogP contribution in [0.15, 0.2) is 67.3 Å². The Balaban J connectivity index is 1.43. The van der Waals surface area contributed by atoms with Gasteiger partial charge < -0.3 is 28.8 Å². The van der Waals surface area contributed by atoms with E-state index in [0.717, 1.165) is 16.9 Å². The summed E-state index contributed by atoms with van der Waals surface area (Å²) in [5.74, 6) is -0.201. The maximum Gasteiger partial charge on any atom is 0.179 e. The summed E-state index contributed by atoms with van der Waals surface area (Å²) in [7, 11) is 1.65. The van der Waals surface area contributed by atoms with Crippen LogP contribution >= 0.6 is 0 Å². The summed E-state index contributed by atoms with van der Waals surface area (Å²) in [6.07, 6.45) is 1.44. The van der Waals surface area contributed by atoms with Gasteiger partial charge in [-0.05, 0) is 29.7 Å². The second-order valence-electron chi connectivity index (χ2n) is 10.5. The lowest BCUT2D eigenvalue weighted by Crippen LogP contribution is -2.58. The largest absolute Gasteiger partial charge is 0.497 e. The predicted molar refractivity (Wildman–Crippen MR) is 139 cm³/mol. The summed E-state index contributed by atoms with van der Waals surface area (Å²) in [5, 5.41) is 11.1. The summed E-state index contributed by atoms with van der Waals surface area (Å²) in [4.78, 5) is 0. The van der Waals surface area contributed by atoms with Gasteiger partial charge in [-0.15, -0.1) is 6.58 Å². The Kier molecular flexibility index (Phi) is 8.53. The summed E-state index contributed by atoms with van der Waals surface area (Å²) in [6.45, 7) is 11.7. The van der Waals surface area contributed by atoms with Crippen LogP contribution in [0.5, 0.6) is 5.75 Å². The fourth-order valence-corrected chi connectivity index (χ4v) is 5.33. The fourth-order valence-electron chi connectivity index (χ4n) is 5.33. The number of rotatable bonds is 10. The molecule has 0 bridgehead atoms. The van der Waals surface area contributed by atoms with Crippen LogP contribution in [0.3, 0.4) is 0 Å². The molecule has 0 aliphatic carbocycles. The van der Waals surface area contributed by atoms with Crippen molar-refractivity contribution >= 4 is 0 Å². The van der Waals surface area contributed by atoms with Gasteiger partial charge in [0.05, 0.1) is 38.6 Å². The van der Waals surface area contributed by atoms with Crippen molar-refractivity contribution in [3.05, 3.63) is 78.4 Å². The number of aliphatic hydroxyl groups excluding tert-OH is 1. The highest BCUT2D eigenvalue weighted by molar-refractivity contribution is 5.26. The van der Waals surface area contributed by atoms with Crippen LogP contribution in [0.2, 0.25) is 0 Å². The third-order valence-electron chi connectivity index (χ3n) is 7.81. The maximum absolute atomic E-state index is 11.1. The molecule has 196 valence electrons. The van der Waals surface area contributed by atoms with Gasteiger partial charge in [0.25, 0.3) is 0 Å². The predicted octanol–water partition coefficient (Wildman–Crippen LogP) is 5.28. The van der Waals surface area contributed by atoms with Crippen LogP contribution in [0.25, 0.3) is 0 Å². The summed E-state index contributed by atoms with van der Waals surface area (Å²) >= 11 is 0. The Bertz CT molecular complexity index is 975. The molecule has 4 rings (SSSR count). The molecule has 0 radical (unpaired) electrons. The lowest BCUT2D eigenvalue weighted by atomic mass is 9.73. The van der Waals surface area contributed by atoms with E-state index < -0.39 is 17.3 Å². The van der Waals surface area contributed by atoms with Crippen molar-refractivity contribution in [3.63, 3.8) is 0 Å². The molecular weight excluding hydrogens is 456 g/mol. The quantitative estimate of drug-likeness (QED) is 0.357. The normalized spacial score (nSPS) is 31.4. The zero-order valence-electron chi connectivity index (χ0n) is 21.9. The molecule has 1 N–H and O–H groups in total. The molecule has 0 aromatic heterocycles. The highest BCUT2D eigenvalue weighted by Crippen LogP contribution is 2.55. The number of hydrogen-bond acceptors (Lipinski definition) is 6. The Hall–Kier alpha value is -2.22. The molecule has 36 heavy (non-hydrogen) atoms. The van der Waals surface area contributed by atoms with Crippen molar-refractivity contribution in [2.45, 2.75) is 77.0 Å². The average molecular weight is 497 g/mol. The molecule has 2 aromatic carbocycles. The summed E-state index contributed by atoms with van der Waals surface area (Å²) in [5.41, 5.74) is 1.65. The Morgan fingerprint density at radius 2 is 1.72 bits per heavy atom. The molecule has 6 atom stereocenters. The van der Waals surface area contributed by atoms with Gasteiger partial charge in [0.1, 0.15) is 11.9 Å². The number of ether oxygens (including phenoxy) is 5. The SMILES string of the molecule is C=C[C@@H]1O[C@@]2(C[C@H](O)[C@@H](C)[C@@H](CCOCc3ccccc3)O2)C(C)(C)[C@@H]1OCc1ccc(OC)cc1. The molecule has 0 amide bonds. The van der Waals surface area contributed by atoms with Gasteiger partial charge in [0.2, 0.25) is 0 Å². The van der Waals surface area contributed by atoms with Gasteiger partial charge in [-0.3, -0.25) is 0 Å². The van der Waals surface area contributed by atoms with E-state index in [1.165, 1.54) is 0 Å². The molecule has 2 saturated heterocycles. The van der Waals surface area contributed by atoms with Gasteiger partial charge in [-0.25, -0.2) is 0 Å². The van der Waals surface area contributed by atoms with Crippen molar-refractivity contribution < 1.29 is 28.8 Å². The van der Waals surface area contributed by atoms with Crippen molar-refractivity contribution in [3.8, 4) is 5.75 Å². The molecule has 2 aromatic rings. The minimum atomic E-state index is -0.980. The van der Waals surface area contributed by atoms with Crippen LogP contribution in [0.1, 0.15) is 44.7 Å². The average Bonchev–Trinajstić information content (AvgIpc) is 3.09. The molecule has 0 saturated carbocycles. The molecule has 0 unspecified atom stereocenters. The van der Waals surface area contributed by atoms with Crippen LogP contribution < -0.4 is 4.74 Å². The standard InChI is InChI=1S/C30H40O6/c1-6-26-28(34-20-23-12-14-24(32-5)15-13-23)29(3,4)30(35-26)18-25(31)21(2)27(36-30)16-17-33-19-22-10-8-7-9-11-22/h6-15,21,25-28,31H,1,16-20H2,2-5H3/t21-,25+,26+,27-,28-,30-/m1/s1. The number of aliphatic hydroxyl groups is 1. The van der Waals surface area contributed by atoms with Crippen LogP contribution in [0.4, 0.5) is 0 Å². The second-order valence-corrected chi connectivity index (χ2v) is 10.5. The minimum absolute atomic E-state index is 0.0307. The highest BCUT2D eigenvalue weighted by atomic mass is 16.7. The van der Waals surface area contributed by atoms with Crippen molar-refractivity contribution in [2.75, 3.05) is 13.7 Å². The Morgan fingerprint density at radius 1 is 1.03 bits per heavy atom. The van der Waals surface area contributed by atoms with Crippen molar-refractivity contribution in [2.24, 2.45) is 11.3 Å². The van der Waals surface area contributed by atoms with Gasteiger partial charge in [0, 0.05) is 24.4 Å². The van der Waals surface area contributed by atoms with E-state index >= 15 is 0 Å². The zero-order valence-corrected chi connectivity index (χ0v) is 21.9. The van der Waals surface area contributed by atoms with Crippen LogP contribution in [-0.2, 0) is 32.2 Å². The second kappa shape index (κ2) is 11.4. The molecule has 2 heterocycles. The molecule has 2 aliphatic heterocycles. The highest BCUT2D eigenvalue weighted by Gasteiger charge is 2.65. The van der Waals surface area contributed by atoms with E-state index in [2.05, 4.69) is 32.6 Å². The number of hydrogen-bond donors (Lipinski definition) is 1. The first-order valence-corrected chi connectivity index (χ1v) is 12.8. The van der Waals surface area contributed by atoms with E-state index in [0.29, 0.717) is 32.7 Å². The summed E-state index contributed by atoms with van der Waals surface area (Å²) in [6, 6.07) is 18.0. The van der Waals surface area contributed by atoms with Gasteiger partial charge >= 0.3 is 0 Å². The van der Waals surface area contributed by atoms with Crippen molar-refractivity contribution in [1.29, 1.82) is 0 Å². The zero-order chi connectivity index (χ0) is 25.8. The Morgan fingerprint density at radius 3 is 2.39 bits per heavy atom. The van der Waals surface area contributed by atoms with Crippen LogP contribution in [-0.4, -0.2) is 49.0 Å². The number of methoxy groups -OCH3 is 1. The minimum Gasteiger partial charge on any atom is -0.497 e. The first kappa shape index (κ1) is 26.8. The fraction of sp³-hybridized carbons (Fsp3) is 0.533. The van der Waals surface area contributed by atoms with E-state index in [4.69, 9.17) is 23.7 Å². The third-order valence-corrected chi connectivity index (χ3v) is 7.81. The summed E-state index contributed by atoms with van der Waals surface area (Å²) < 4.78 is 30.9. The molecule has 1 spiro atoms. The molecular formula is C30H40O6. The Labute approximate surface area is 215 Å². The topological polar surface area (TPSA) is 66.4 Å². The van der Waals surface area contributed by atoms with E-state index in [1.807, 2.05) is 49.4 Å². The molecule has 2 fully saturated rings. The third kappa shape index (κ3) is 5.53. The van der Waals surface area contributed by atoms with Gasteiger partial charge in [-0.1, -0.05) is 69.3 Å². The molecule has 6 nitrogen and oxygen atoms in total. The molecule has 6 heteroatoms.